The molecule has 0 fully saturated rings. The molecule has 0 N–H and O–H groups in total. The van der Waals surface area contributed by atoms with Gasteiger partial charge in [-0.1, -0.05) is 6.07 Å². The Morgan fingerprint density at radius 1 is 1.38 bits per heavy atom. The normalized spacial score (nSPS) is 13.9. The molecule has 1 aromatic rings. The van der Waals surface area contributed by atoms with Gasteiger partial charge in [0.15, 0.2) is 6.10 Å². The number of rotatable bonds is 3. The summed E-state index contributed by atoms with van der Waals surface area (Å²) in [5, 5.41) is 0. The molecular weight excluding hydrogens is 292 g/mol. The van der Waals surface area contributed by atoms with Crippen LogP contribution in [0.2, 0.25) is 0 Å². The maximum absolute atomic E-state index is 12.8. The van der Waals surface area contributed by atoms with Gasteiger partial charge in [-0.25, -0.2) is 4.39 Å². The minimum atomic E-state index is -4.38. The molecule has 0 radical (unpaired) electrons. The van der Waals surface area contributed by atoms with Crippen molar-refractivity contribution >= 4 is 15.9 Å². The van der Waals surface area contributed by atoms with E-state index in [1.165, 1.54) is 18.2 Å². The van der Waals surface area contributed by atoms with E-state index in [0.717, 1.165) is 6.92 Å². The SMILES string of the molecule is CC(OCc1ccc(F)c(Br)c1)C(F)(F)F. The number of halogens is 5. The second-order valence-corrected chi connectivity index (χ2v) is 4.10. The molecule has 0 saturated heterocycles. The van der Waals surface area contributed by atoms with E-state index in [1.807, 2.05) is 0 Å². The fourth-order valence-corrected chi connectivity index (χ4v) is 1.37. The van der Waals surface area contributed by atoms with Crippen LogP contribution in [-0.4, -0.2) is 12.3 Å². The van der Waals surface area contributed by atoms with Gasteiger partial charge >= 0.3 is 6.18 Å². The third-order valence-electron chi connectivity index (χ3n) is 1.94. The standard InChI is InChI=1S/C10H9BrF4O/c1-6(10(13,14)15)16-5-7-2-3-9(12)8(11)4-7/h2-4,6H,5H2,1H3. The topological polar surface area (TPSA) is 9.23 Å². The van der Waals surface area contributed by atoms with Crippen LogP contribution in [-0.2, 0) is 11.3 Å². The van der Waals surface area contributed by atoms with Crippen LogP contribution in [0.5, 0.6) is 0 Å². The molecule has 1 nitrogen and oxygen atoms in total. The van der Waals surface area contributed by atoms with Gasteiger partial charge < -0.3 is 4.74 Å². The lowest BCUT2D eigenvalue weighted by Crippen LogP contribution is -2.28. The van der Waals surface area contributed by atoms with Gasteiger partial charge in [-0.3, -0.25) is 0 Å². The lowest BCUT2D eigenvalue weighted by Gasteiger charge is -2.16. The van der Waals surface area contributed by atoms with Crippen LogP contribution < -0.4 is 0 Å². The first-order valence-electron chi connectivity index (χ1n) is 4.43. The zero-order valence-electron chi connectivity index (χ0n) is 8.31. The van der Waals surface area contributed by atoms with Gasteiger partial charge in [0.2, 0.25) is 0 Å². The first kappa shape index (κ1) is 13.4. The molecule has 0 bridgehead atoms. The highest BCUT2D eigenvalue weighted by Gasteiger charge is 2.36. The van der Waals surface area contributed by atoms with Gasteiger partial charge in [-0.15, -0.1) is 0 Å². The average molecular weight is 301 g/mol. The lowest BCUT2D eigenvalue weighted by molar-refractivity contribution is -0.217. The third-order valence-corrected chi connectivity index (χ3v) is 2.55. The Balaban J connectivity index is 2.58. The molecule has 0 spiro atoms. The quantitative estimate of drug-likeness (QED) is 0.765. The molecule has 1 aromatic carbocycles. The van der Waals surface area contributed by atoms with Crippen LogP contribution >= 0.6 is 15.9 Å². The van der Waals surface area contributed by atoms with Gasteiger partial charge in [0, 0.05) is 0 Å². The van der Waals surface area contributed by atoms with E-state index in [4.69, 9.17) is 0 Å². The molecule has 1 atom stereocenters. The van der Waals surface area contributed by atoms with Crippen LogP contribution in [0.25, 0.3) is 0 Å². The number of benzene rings is 1. The molecule has 0 aliphatic rings. The van der Waals surface area contributed by atoms with Crippen LogP contribution in [0.4, 0.5) is 17.6 Å². The highest BCUT2D eigenvalue weighted by molar-refractivity contribution is 9.10. The molecule has 0 aliphatic heterocycles. The van der Waals surface area contributed by atoms with Crippen molar-refractivity contribution in [3.63, 3.8) is 0 Å². The van der Waals surface area contributed by atoms with Crippen molar-refractivity contribution in [3.05, 3.63) is 34.1 Å². The average Bonchev–Trinajstić information content (AvgIpc) is 2.18. The third kappa shape index (κ3) is 3.75. The largest absolute Gasteiger partial charge is 0.414 e. The number of alkyl halides is 3. The lowest BCUT2D eigenvalue weighted by atomic mass is 10.2. The summed E-state index contributed by atoms with van der Waals surface area (Å²) in [6.07, 6.45) is -6.21. The Labute approximate surface area is 98.5 Å². The highest BCUT2D eigenvalue weighted by Crippen LogP contribution is 2.24. The van der Waals surface area contributed by atoms with Crippen LogP contribution in [0.1, 0.15) is 12.5 Å². The number of hydrogen-bond acceptors (Lipinski definition) is 1. The second kappa shape index (κ2) is 5.14. The summed E-state index contributed by atoms with van der Waals surface area (Å²) in [6.45, 7) is 0.720. The number of hydrogen-bond donors (Lipinski definition) is 0. The Morgan fingerprint density at radius 2 is 2.00 bits per heavy atom. The van der Waals surface area contributed by atoms with Crippen molar-refractivity contribution in [2.24, 2.45) is 0 Å². The van der Waals surface area contributed by atoms with E-state index in [2.05, 4.69) is 20.7 Å². The van der Waals surface area contributed by atoms with Gasteiger partial charge in [-0.2, -0.15) is 13.2 Å². The monoisotopic (exact) mass is 300 g/mol. The van der Waals surface area contributed by atoms with Crippen molar-refractivity contribution in [2.45, 2.75) is 25.8 Å². The minimum absolute atomic E-state index is 0.202. The minimum Gasteiger partial charge on any atom is -0.364 e. The Bertz CT molecular complexity index is 364. The molecular formula is C10H9BrF4O. The first-order chi connectivity index (χ1) is 7.30. The van der Waals surface area contributed by atoms with E-state index in [0.29, 0.717) is 5.56 Å². The van der Waals surface area contributed by atoms with Crippen molar-refractivity contribution in [3.8, 4) is 0 Å². The summed E-state index contributed by atoms with van der Waals surface area (Å²) in [5.41, 5.74) is 0.476. The molecule has 0 heterocycles. The molecule has 0 aromatic heterocycles. The summed E-state index contributed by atoms with van der Waals surface area (Å²) in [6, 6.07) is 3.93. The molecule has 0 aliphatic carbocycles. The summed E-state index contributed by atoms with van der Waals surface area (Å²) in [7, 11) is 0. The maximum atomic E-state index is 12.8. The fourth-order valence-electron chi connectivity index (χ4n) is 0.945. The zero-order chi connectivity index (χ0) is 12.3. The Morgan fingerprint density at radius 3 is 2.50 bits per heavy atom. The molecule has 16 heavy (non-hydrogen) atoms. The molecule has 1 rings (SSSR count). The van der Waals surface area contributed by atoms with Gasteiger partial charge in [-0.05, 0) is 40.5 Å². The Kier molecular flexibility index (Phi) is 4.32. The first-order valence-corrected chi connectivity index (χ1v) is 5.22. The van der Waals surface area contributed by atoms with E-state index in [1.54, 1.807) is 0 Å². The summed E-state index contributed by atoms with van der Waals surface area (Å²) < 4.78 is 53.9. The van der Waals surface area contributed by atoms with Crippen molar-refractivity contribution in [1.29, 1.82) is 0 Å². The molecule has 6 heteroatoms. The van der Waals surface area contributed by atoms with Gasteiger partial charge in [0.05, 0.1) is 11.1 Å². The maximum Gasteiger partial charge on any atom is 0.414 e. The van der Waals surface area contributed by atoms with Gasteiger partial charge in [0.1, 0.15) is 5.82 Å². The van der Waals surface area contributed by atoms with Crippen molar-refractivity contribution in [1.82, 2.24) is 0 Å². The van der Waals surface area contributed by atoms with Crippen LogP contribution in [0.15, 0.2) is 22.7 Å². The van der Waals surface area contributed by atoms with E-state index in [9.17, 15) is 17.6 Å². The second-order valence-electron chi connectivity index (χ2n) is 3.24. The summed E-state index contributed by atoms with van der Waals surface area (Å²) >= 11 is 2.94. The summed E-state index contributed by atoms with van der Waals surface area (Å²) in [4.78, 5) is 0. The van der Waals surface area contributed by atoms with E-state index in [-0.39, 0.29) is 11.1 Å². The van der Waals surface area contributed by atoms with Crippen molar-refractivity contribution < 1.29 is 22.3 Å². The Hall–Kier alpha value is -0.620. The molecule has 0 amide bonds. The van der Waals surface area contributed by atoms with Crippen molar-refractivity contribution in [2.75, 3.05) is 0 Å². The number of ether oxygens (including phenoxy) is 1. The smallest absolute Gasteiger partial charge is 0.364 e. The van der Waals surface area contributed by atoms with Crippen LogP contribution in [0, 0.1) is 5.82 Å². The van der Waals surface area contributed by atoms with E-state index < -0.39 is 18.1 Å². The molecule has 90 valence electrons. The van der Waals surface area contributed by atoms with E-state index >= 15 is 0 Å². The predicted molar refractivity (Wildman–Crippen MR) is 54.4 cm³/mol. The summed E-state index contributed by atoms with van der Waals surface area (Å²) in [5.74, 6) is -0.465. The highest BCUT2D eigenvalue weighted by atomic mass is 79.9. The van der Waals surface area contributed by atoms with Crippen LogP contribution in [0.3, 0.4) is 0 Å². The molecule has 1 unspecified atom stereocenters. The zero-order valence-corrected chi connectivity index (χ0v) is 9.90. The molecule has 0 saturated carbocycles. The fraction of sp³-hybridized carbons (Fsp3) is 0.400. The predicted octanol–water partition coefficient (Wildman–Crippen LogP) is 4.06. The van der Waals surface area contributed by atoms with Gasteiger partial charge in [0.25, 0.3) is 0 Å².